The molecule has 0 saturated heterocycles. The lowest BCUT2D eigenvalue weighted by molar-refractivity contribution is 0.532. The highest BCUT2D eigenvalue weighted by Crippen LogP contribution is 2.16. The highest BCUT2D eigenvalue weighted by molar-refractivity contribution is 9.50. The minimum Gasteiger partial charge on any atom is -0.0836 e. The van der Waals surface area contributed by atoms with Crippen LogP contribution < -0.4 is 0 Å². The van der Waals surface area contributed by atoms with Crippen molar-refractivity contribution in [2.75, 3.05) is 5.75 Å². The fraction of sp³-hybridized carbons (Fsp3) is 1.00. The maximum atomic E-state index is 3.41. The Morgan fingerprint density at radius 2 is 0.800 bits per heavy atom. The van der Waals surface area contributed by atoms with Gasteiger partial charge >= 0.3 is 0 Å². The van der Waals surface area contributed by atoms with Gasteiger partial charge in [0.25, 0.3) is 0 Å². The van der Waals surface area contributed by atoms with Crippen molar-refractivity contribution in [3.63, 3.8) is 0 Å². The topological polar surface area (TPSA) is 0 Å². The van der Waals surface area contributed by atoms with E-state index >= 15 is 0 Å². The maximum absolute atomic E-state index is 3.41. The Labute approximate surface area is 140 Å². The van der Waals surface area contributed by atoms with Gasteiger partial charge < -0.3 is 0 Å². The van der Waals surface area contributed by atoms with Crippen LogP contribution in [0.4, 0.5) is 0 Å². The van der Waals surface area contributed by atoms with Crippen molar-refractivity contribution in [1.29, 1.82) is 0 Å². The Bertz CT molecular complexity index is 143. The van der Waals surface area contributed by atoms with E-state index in [-0.39, 0.29) is 0 Å². The summed E-state index contributed by atoms with van der Waals surface area (Å²) in [5.41, 5.74) is 0. The number of halogens is 1. The largest absolute Gasteiger partial charge is 0.0836 e. The second-order valence-corrected chi connectivity index (χ2v) is 8.12. The zero-order valence-electron chi connectivity index (χ0n) is 13.8. The molecule has 0 atom stereocenters. The van der Waals surface area contributed by atoms with Gasteiger partial charge in [-0.15, -0.1) is 0 Å². The van der Waals surface area contributed by atoms with E-state index in [1.165, 1.54) is 108 Å². The average molecular weight is 365 g/mol. The quantitative estimate of drug-likeness (QED) is 0.234. The molecule has 0 aromatic carbocycles. The Hall–Kier alpha value is 0.830. The molecule has 0 rings (SSSR count). The van der Waals surface area contributed by atoms with Gasteiger partial charge in [0.1, 0.15) is 0 Å². The predicted molar refractivity (Wildman–Crippen MR) is 101 cm³/mol. The molecule has 20 heavy (non-hydrogen) atoms. The van der Waals surface area contributed by atoms with Gasteiger partial charge in [0.15, 0.2) is 0 Å². The molecule has 0 heterocycles. The lowest BCUT2D eigenvalue weighted by Gasteiger charge is -2.03. The summed E-state index contributed by atoms with van der Waals surface area (Å²) in [6.45, 7) is 2.29. The van der Waals surface area contributed by atoms with E-state index in [1.807, 2.05) is 0 Å². The summed E-state index contributed by atoms with van der Waals surface area (Å²) >= 11 is 3.41. The minimum absolute atomic E-state index is 1.28. The number of hydrogen-bond acceptors (Lipinski definition) is 1. The summed E-state index contributed by atoms with van der Waals surface area (Å²) < 4.78 is 0. The second kappa shape index (κ2) is 19.8. The molecule has 122 valence electrons. The van der Waals surface area contributed by atoms with E-state index < -0.39 is 0 Å². The van der Waals surface area contributed by atoms with Crippen LogP contribution in [0.2, 0.25) is 0 Å². The molecule has 0 aromatic rings. The summed E-state index contributed by atoms with van der Waals surface area (Å²) in [7, 11) is 1.80. The molecular weight excluding hydrogens is 328 g/mol. The van der Waals surface area contributed by atoms with Crippen LogP contribution in [0.1, 0.15) is 110 Å². The SMILES string of the molecule is CCCCCCCCCCCCCCCCCCSBr. The van der Waals surface area contributed by atoms with Crippen LogP contribution in [0, 0.1) is 0 Å². The molecule has 0 N–H and O–H groups in total. The number of unbranched alkanes of at least 4 members (excludes halogenated alkanes) is 15. The van der Waals surface area contributed by atoms with E-state index in [1.54, 1.807) is 10.2 Å². The average Bonchev–Trinajstić information content (AvgIpc) is 2.47. The summed E-state index contributed by atoms with van der Waals surface area (Å²) in [6.07, 6.45) is 23.3. The fourth-order valence-electron chi connectivity index (χ4n) is 2.70. The molecule has 0 saturated carbocycles. The van der Waals surface area contributed by atoms with E-state index in [9.17, 15) is 0 Å². The van der Waals surface area contributed by atoms with Crippen LogP contribution >= 0.6 is 25.0 Å². The van der Waals surface area contributed by atoms with Gasteiger partial charge in [-0.1, -0.05) is 113 Å². The minimum atomic E-state index is 1.28. The molecular formula is C18H37BrS. The normalized spacial score (nSPS) is 11.1. The molecule has 0 nitrogen and oxygen atoms in total. The summed E-state index contributed by atoms with van der Waals surface area (Å²) in [5, 5.41) is 0. The highest BCUT2D eigenvalue weighted by atomic mass is 79.9. The van der Waals surface area contributed by atoms with Crippen molar-refractivity contribution in [2.45, 2.75) is 110 Å². The van der Waals surface area contributed by atoms with Gasteiger partial charge in [0.2, 0.25) is 0 Å². The Balaban J connectivity index is 2.89. The zero-order chi connectivity index (χ0) is 14.7. The first-order valence-electron chi connectivity index (χ1n) is 9.15. The first-order chi connectivity index (χ1) is 9.91. The van der Waals surface area contributed by atoms with Crippen molar-refractivity contribution in [2.24, 2.45) is 0 Å². The van der Waals surface area contributed by atoms with Crippen molar-refractivity contribution in [3.05, 3.63) is 0 Å². The van der Waals surface area contributed by atoms with Crippen LogP contribution in [0.3, 0.4) is 0 Å². The van der Waals surface area contributed by atoms with Crippen molar-refractivity contribution < 1.29 is 0 Å². The van der Waals surface area contributed by atoms with Gasteiger partial charge in [-0.2, -0.15) is 0 Å². The van der Waals surface area contributed by atoms with Crippen LogP contribution in [0.15, 0.2) is 0 Å². The molecule has 0 amide bonds. The molecule has 0 aliphatic rings. The Morgan fingerprint density at radius 3 is 1.10 bits per heavy atom. The first-order valence-corrected chi connectivity index (χ1v) is 12.0. The van der Waals surface area contributed by atoms with Crippen LogP contribution in [-0.2, 0) is 0 Å². The Kier molecular flexibility index (Phi) is 20.7. The third-order valence-electron chi connectivity index (χ3n) is 4.08. The molecule has 0 aliphatic heterocycles. The molecule has 0 aliphatic carbocycles. The number of hydrogen-bond donors (Lipinski definition) is 0. The standard InChI is InChI=1S/C18H37BrS/c1-2-3-4-5-6-7-8-9-10-11-12-13-14-15-16-17-18-20-19/h2-18H2,1H3. The highest BCUT2D eigenvalue weighted by Gasteiger charge is 1.94. The molecule has 0 bridgehead atoms. The van der Waals surface area contributed by atoms with E-state index in [0.29, 0.717) is 0 Å². The lowest BCUT2D eigenvalue weighted by atomic mass is 10.0. The van der Waals surface area contributed by atoms with Gasteiger partial charge in [0.05, 0.1) is 0 Å². The maximum Gasteiger partial charge on any atom is 0.00425 e. The third-order valence-corrected chi connectivity index (χ3v) is 5.49. The van der Waals surface area contributed by atoms with Crippen LogP contribution in [0.5, 0.6) is 0 Å². The smallest absolute Gasteiger partial charge is 0.00425 e. The fourth-order valence-corrected chi connectivity index (χ4v) is 3.70. The van der Waals surface area contributed by atoms with Gasteiger partial charge in [-0.3, -0.25) is 0 Å². The molecule has 0 radical (unpaired) electrons. The number of rotatable bonds is 17. The monoisotopic (exact) mass is 364 g/mol. The van der Waals surface area contributed by atoms with Gasteiger partial charge in [-0.25, -0.2) is 0 Å². The van der Waals surface area contributed by atoms with E-state index in [2.05, 4.69) is 21.7 Å². The summed E-state index contributed by atoms with van der Waals surface area (Å²) in [4.78, 5) is 0. The zero-order valence-corrected chi connectivity index (χ0v) is 16.2. The molecule has 0 aromatic heterocycles. The summed E-state index contributed by atoms with van der Waals surface area (Å²) in [6, 6.07) is 0. The predicted octanol–water partition coefficient (Wildman–Crippen LogP) is 8.29. The molecule has 0 fully saturated rings. The van der Waals surface area contributed by atoms with Crippen molar-refractivity contribution in [1.82, 2.24) is 0 Å². The van der Waals surface area contributed by atoms with Gasteiger partial charge in [0, 0.05) is 5.75 Å². The van der Waals surface area contributed by atoms with Crippen molar-refractivity contribution >= 4 is 25.0 Å². The molecule has 0 spiro atoms. The summed E-state index contributed by atoms with van der Waals surface area (Å²) in [5.74, 6) is 1.28. The van der Waals surface area contributed by atoms with Crippen molar-refractivity contribution in [3.8, 4) is 0 Å². The van der Waals surface area contributed by atoms with E-state index in [0.717, 1.165) is 0 Å². The third kappa shape index (κ3) is 18.8. The van der Waals surface area contributed by atoms with Crippen LogP contribution in [-0.4, -0.2) is 5.75 Å². The van der Waals surface area contributed by atoms with Crippen LogP contribution in [0.25, 0.3) is 0 Å². The first kappa shape index (κ1) is 20.8. The lowest BCUT2D eigenvalue weighted by Crippen LogP contribution is -1.84. The van der Waals surface area contributed by atoms with E-state index in [4.69, 9.17) is 0 Å². The molecule has 2 heteroatoms. The Morgan fingerprint density at radius 1 is 0.500 bits per heavy atom. The van der Waals surface area contributed by atoms with Gasteiger partial charge in [-0.05, 0) is 21.2 Å². The second-order valence-electron chi connectivity index (χ2n) is 6.12. The molecule has 0 unspecified atom stereocenters.